The lowest BCUT2D eigenvalue weighted by Gasteiger charge is -2.35. The first-order valence-corrected chi connectivity index (χ1v) is 11.4. The molecule has 190 valence electrons. The Morgan fingerprint density at radius 2 is 1.84 bits per heavy atom. The second-order valence-electron chi connectivity index (χ2n) is 8.62. The molecule has 3 heterocycles. The van der Waals surface area contributed by atoms with E-state index in [1.165, 1.54) is 11.1 Å². The molecule has 0 atom stereocenters. The summed E-state index contributed by atoms with van der Waals surface area (Å²) in [7, 11) is 0. The zero-order valence-corrected chi connectivity index (χ0v) is 19.4. The topological polar surface area (TPSA) is 121 Å². The second kappa shape index (κ2) is 9.62. The molecule has 0 saturated heterocycles. The van der Waals surface area contributed by atoms with Gasteiger partial charge in [0, 0.05) is 35.1 Å². The molecule has 0 aliphatic heterocycles. The minimum absolute atomic E-state index is 0.0521. The predicted molar refractivity (Wildman–Crippen MR) is 129 cm³/mol. The van der Waals surface area contributed by atoms with Gasteiger partial charge >= 0.3 is 6.18 Å². The number of aliphatic hydroxyl groups excluding tert-OH is 1. The first kappa shape index (κ1) is 24.4. The van der Waals surface area contributed by atoms with Gasteiger partial charge in [0.25, 0.3) is 5.91 Å². The van der Waals surface area contributed by atoms with Crippen molar-refractivity contribution in [3.05, 3.63) is 83.4 Å². The average Bonchev–Trinajstić information content (AvgIpc) is 3.73. The Labute approximate surface area is 209 Å². The van der Waals surface area contributed by atoms with Crippen LogP contribution in [0.1, 0.15) is 40.0 Å². The largest absolute Gasteiger partial charge is 0.417 e. The Morgan fingerprint density at radius 1 is 1.08 bits per heavy atom. The molecule has 0 radical (unpaired) electrons. The number of nitrogens with two attached hydrogens (primary N) is 1. The van der Waals surface area contributed by atoms with E-state index in [4.69, 9.17) is 5.73 Å². The quantitative estimate of drug-likeness (QED) is 0.362. The van der Waals surface area contributed by atoms with Crippen molar-refractivity contribution in [2.24, 2.45) is 0 Å². The number of nitrogens with zero attached hydrogens (tertiary/aromatic N) is 6. The maximum absolute atomic E-state index is 13.9. The number of aromatic nitrogens is 4. The number of pyridine rings is 2. The van der Waals surface area contributed by atoms with E-state index in [2.05, 4.69) is 19.9 Å². The van der Waals surface area contributed by atoms with Crippen LogP contribution in [0.2, 0.25) is 0 Å². The maximum Gasteiger partial charge on any atom is 0.417 e. The van der Waals surface area contributed by atoms with Gasteiger partial charge in [-0.05, 0) is 55.3 Å². The van der Waals surface area contributed by atoms with Crippen molar-refractivity contribution in [3.8, 4) is 0 Å². The molecule has 1 fully saturated rings. The van der Waals surface area contributed by atoms with Crippen LogP contribution in [0.4, 0.5) is 24.9 Å². The Kier molecular flexibility index (Phi) is 6.34. The summed E-state index contributed by atoms with van der Waals surface area (Å²) in [5.74, 6) is 0.0681. The number of rotatable bonds is 7. The first-order valence-electron chi connectivity index (χ1n) is 11.4. The van der Waals surface area contributed by atoms with E-state index >= 15 is 0 Å². The van der Waals surface area contributed by atoms with Gasteiger partial charge in [-0.25, -0.2) is 25.0 Å². The minimum atomic E-state index is -4.52. The van der Waals surface area contributed by atoms with Crippen molar-refractivity contribution >= 4 is 28.6 Å². The van der Waals surface area contributed by atoms with Crippen LogP contribution >= 0.6 is 0 Å². The molecule has 1 saturated carbocycles. The van der Waals surface area contributed by atoms with Crippen molar-refractivity contribution < 1.29 is 23.1 Å². The lowest BCUT2D eigenvalue weighted by Crippen LogP contribution is -2.48. The fourth-order valence-corrected chi connectivity index (χ4v) is 3.93. The molecule has 3 N–H and O–H groups in total. The molecule has 1 aliphatic carbocycles. The SMILES string of the molecule is Nc1nc2ccc(C(=O)N(Cc3ccc(C(F)(F)F)cn3)N(c3ncccn3)C3CC3)cc2cc1CO. The van der Waals surface area contributed by atoms with E-state index in [0.717, 1.165) is 25.1 Å². The highest BCUT2D eigenvalue weighted by Crippen LogP contribution is 2.33. The monoisotopic (exact) mass is 509 g/mol. The van der Waals surface area contributed by atoms with Gasteiger partial charge in [0.2, 0.25) is 5.95 Å². The van der Waals surface area contributed by atoms with Gasteiger partial charge in [-0.15, -0.1) is 0 Å². The maximum atomic E-state index is 13.9. The van der Waals surface area contributed by atoms with Crippen molar-refractivity contribution in [1.29, 1.82) is 0 Å². The van der Waals surface area contributed by atoms with Crippen LogP contribution in [0.3, 0.4) is 0 Å². The highest BCUT2D eigenvalue weighted by molar-refractivity contribution is 5.99. The van der Waals surface area contributed by atoms with Crippen LogP contribution in [-0.4, -0.2) is 42.0 Å². The first-order chi connectivity index (χ1) is 17.7. The van der Waals surface area contributed by atoms with Gasteiger partial charge in [0.1, 0.15) is 5.82 Å². The Hall–Kier alpha value is -4.32. The van der Waals surface area contributed by atoms with E-state index in [9.17, 15) is 23.1 Å². The summed E-state index contributed by atoms with van der Waals surface area (Å²) >= 11 is 0. The van der Waals surface area contributed by atoms with E-state index < -0.39 is 17.6 Å². The van der Waals surface area contributed by atoms with Crippen molar-refractivity contribution in [1.82, 2.24) is 24.9 Å². The molecule has 1 aromatic carbocycles. The molecule has 1 aliphatic rings. The highest BCUT2D eigenvalue weighted by Gasteiger charge is 2.38. The van der Waals surface area contributed by atoms with Gasteiger partial charge in [-0.2, -0.15) is 13.2 Å². The third kappa shape index (κ3) is 5.14. The number of carbonyl (C=O) groups excluding carboxylic acids is 1. The molecule has 9 nitrogen and oxygen atoms in total. The number of carbonyl (C=O) groups is 1. The number of aliphatic hydroxyl groups is 1. The summed E-state index contributed by atoms with van der Waals surface area (Å²) in [6.45, 7) is -0.412. The van der Waals surface area contributed by atoms with Crippen LogP contribution in [-0.2, 0) is 19.3 Å². The number of anilines is 2. The van der Waals surface area contributed by atoms with E-state index in [1.807, 2.05) is 0 Å². The van der Waals surface area contributed by atoms with Crippen LogP contribution in [0.25, 0.3) is 10.9 Å². The number of halogens is 3. The number of alkyl halides is 3. The van der Waals surface area contributed by atoms with Crippen LogP contribution < -0.4 is 10.7 Å². The smallest absolute Gasteiger partial charge is 0.392 e. The Bertz CT molecular complexity index is 1430. The van der Waals surface area contributed by atoms with Crippen molar-refractivity contribution in [3.63, 3.8) is 0 Å². The number of amides is 1. The summed E-state index contributed by atoms with van der Waals surface area (Å²) in [4.78, 5) is 30.8. The summed E-state index contributed by atoms with van der Waals surface area (Å²) < 4.78 is 39.1. The van der Waals surface area contributed by atoms with Gasteiger partial charge < -0.3 is 10.8 Å². The lowest BCUT2D eigenvalue weighted by atomic mass is 10.1. The fourth-order valence-electron chi connectivity index (χ4n) is 3.93. The number of nitrogen functional groups attached to an aromatic ring is 1. The van der Waals surface area contributed by atoms with Gasteiger partial charge in [0.05, 0.1) is 36.0 Å². The van der Waals surface area contributed by atoms with Gasteiger partial charge in [0.15, 0.2) is 0 Å². The average molecular weight is 509 g/mol. The molecule has 4 aromatic rings. The molecular formula is C25H22F3N7O2. The number of hydrogen-bond donors (Lipinski definition) is 2. The van der Waals surface area contributed by atoms with Crippen LogP contribution in [0.5, 0.6) is 0 Å². The van der Waals surface area contributed by atoms with Gasteiger partial charge in [-0.1, -0.05) is 0 Å². The Balaban J connectivity index is 1.55. The lowest BCUT2D eigenvalue weighted by molar-refractivity contribution is -0.137. The highest BCUT2D eigenvalue weighted by atomic mass is 19.4. The van der Waals surface area contributed by atoms with Crippen molar-refractivity contribution in [2.75, 3.05) is 10.7 Å². The van der Waals surface area contributed by atoms with Crippen molar-refractivity contribution in [2.45, 2.75) is 38.2 Å². The summed E-state index contributed by atoms with van der Waals surface area (Å²) in [6, 6.07) is 10.3. The van der Waals surface area contributed by atoms with Crippen LogP contribution in [0, 0.1) is 0 Å². The standard InChI is InChI=1S/C25H22F3N7O2/c26-25(27,28)18-3-4-19(32-12-18)13-34(35(20-5-6-20)24-30-8-1-9-31-24)23(37)15-2-7-21-16(10-15)11-17(14-36)22(29)33-21/h1-4,7-12,20,36H,5-6,13-14H2,(H2,29,33). The zero-order chi connectivity index (χ0) is 26.2. The Morgan fingerprint density at radius 3 is 2.46 bits per heavy atom. The molecule has 0 spiro atoms. The van der Waals surface area contributed by atoms with E-state index in [0.29, 0.717) is 28.0 Å². The minimum Gasteiger partial charge on any atom is -0.392 e. The fraction of sp³-hybridized carbons (Fsp3) is 0.240. The normalized spacial score (nSPS) is 13.5. The molecule has 1 amide bonds. The summed E-state index contributed by atoms with van der Waals surface area (Å²) in [5, 5.41) is 13.2. The van der Waals surface area contributed by atoms with E-state index in [1.54, 1.807) is 47.7 Å². The molecule has 3 aromatic heterocycles. The molecule has 12 heteroatoms. The number of fused-ring (bicyclic) bond motifs is 1. The third-order valence-electron chi connectivity index (χ3n) is 5.95. The van der Waals surface area contributed by atoms with Gasteiger partial charge in [-0.3, -0.25) is 9.78 Å². The number of hydrazine groups is 1. The molecule has 0 unspecified atom stereocenters. The van der Waals surface area contributed by atoms with E-state index in [-0.39, 0.29) is 30.7 Å². The third-order valence-corrected chi connectivity index (χ3v) is 5.95. The van der Waals surface area contributed by atoms with Crippen LogP contribution in [0.15, 0.2) is 61.1 Å². The zero-order valence-electron chi connectivity index (χ0n) is 19.4. The molecule has 0 bridgehead atoms. The molecular weight excluding hydrogens is 487 g/mol. The molecule has 5 rings (SSSR count). The molecule has 37 heavy (non-hydrogen) atoms. The predicted octanol–water partition coefficient (Wildman–Crippen LogP) is 3.74. The second-order valence-corrected chi connectivity index (χ2v) is 8.62. The number of benzene rings is 1. The summed E-state index contributed by atoms with van der Waals surface area (Å²) in [6.07, 6.45) is 0.931. The number of hydrogen-bond acceptors (Lipinski definition) is 8. The summed E-state index contributed by atoms with van der Waals surface area (Å²) in [5.41, 5.74) is 6.54.